The molecule has 27 heavy (non-hydrogen) atoms. The molecule has 3 rings (SSSR count). The van der Waals surface area contributed by atoms with E-state index in [0.717, 1.165) is 23.6 Å². The number of nitro groups is 1. The number of benzene rings is 2. The van der Waals surface area contributed by atoms with Gasteiger partial charge in [-0.1, -0.05) is 30.7 Å². The normalized spacial score (nSPS) is 18.4. The number of carbonyl (C=O) groups excluding carboxylic acids is 2. The number of hydrogen-bond donors (Lipinski definition) is 1. The number of nitrogens with one attached hydrogen (secondary N) is 1. The standard InChI is InChI=1S/C19H17ClN2O5/c1-3-11-4-6-14-12(8-11)10-19(2,27-17(14)23)18(24)21-16-7-5-13(22(25)26)9-15(16)20/h4-9H,3,10H2,1-2H3,(H,21,24). The zero-order valence-corrected chi connectivity index (χ0v) is 15.5. The lowest BCUT2D eigenvalue weighted by atomic mass is 9.88. The third-order valence-corrected chi connectivity index (χ3v) is 4.85. The lowest BCUT2D eigenvalue weighted by molar-refractivity contribution is -0.384. The van der Waals surface area contributed by atoms with E-state index in [0.29, 0.717) is 5.56 Å². The van der Waals surface area contributed by atoms with Gasteiger partial charge in [0.1, 0.15) is 0 Å². The molecule has 140 valence electrons. The molecule has 1 atom stereocenters. The van der Waals surface area contributed by atoms with Crippen LogP contribution in [0.25, 0.3) is 0 Å². The molecule has 0 aliphatic carbocycles. The maximum Gasteiger partial charge on any atom is 0.339 e. The molecule has 0 fully saturated rings. The second kappa shape index (κ2) is 7.00. The number of non-ortho nitro benzene ring substituents is 1. The Morgan fingerprint density at radius 3 is 2.70 bits per heavy atom. The van der Waals surface area contributed by atoms with Gasteiger partial charge in [-0.15, -0.1) is 0 Å². The van der Waals surface area contributed by atoms with Crippen LogP contribution in [0.2, 0.25) is 5.02 Å². The summed E-state index contributed by atoms with van der Waals surface area (Å²) in [6.07, 6.45) is 1.03. The summed E-state index contributed by atoms with van der Waals surface area (Å²) in [7, 11) is 0. The fraction of sp³-hybridized carbons (Fsp3) is 0.263. The molecular weight excluding hydrogens is 372 g/mol. The lowest BCUT2D eigenvalue weighted by Crippen LogP contribution is -2.49. The van der Waals surface area contributed by atoms with E-state index in [1.165, 1.54) is 19.1 Å². The SMILES string of the molecule is CCc1ccc2c(c1)CC(C)(C(=O)Nc1ccc([N+](=O)[O-])cc1Cl)OC2=O. The van der Waals surface area contributed by atoms with Crippen LogP contribution in [0.15, 0.2) is 36.4 Å². The number of anilines is 1. The zero-order chi connectivity index (χ0) is 19.8. The molecule has 0 saturated carbocycles. The molecule has 7 nitrogen and oxygen atoms in total. The quantitative estimate of drug-likeness (QED) is 0.486. The highest BCUT2D eigenvalue weighted by Crippen LogP contribution is 2.32. The van der Waals surface area contributed by atoms with Crippen molar-refractivity contribution >= 4 is 34.9 Å². The first-order valence-electron chi connectivity index (χ1n) is 8.34. The number of fused-ring (bicyclic) bond motifs is 1. The Kier molecular flexibility index (Phi) is 4.89. The number of esters is 1. The van der Waals surface area contributed by atoms with Crippen molar-refractivity contribution in [2.24, 2.45) is 0 Å². The maximum atomic E-state index is 12.8. The summed E-state index contributed by atoms with van der Waals surface area (Å²) in [5.74, 6) is -1.12. The highest BCUT2D eigenvalue weighted by Gasteiger charge is 2.43. The molecule has 1 unspecified atom stereocenters. The number of ether oxygens (including phenoxy) is 1. The second-order valence-electron chi connectivity index (χ2n) is 6.52. The fourth-order valence-corrected chi connectivity index (χ4v) is 3.19. The monoisotopic (exact) mass is 388 g/mol. The van der Waals surface area contributed by atoms with Gasteiger partial charge >= 0.3 is 5.97 Å². The highest BCUT2D eigenvalue weighted by atomic mass is 35.5. The number of rotatable bonds is 4. The molecule has 8 heteroatoms. The Bertz CT molecular complexity index is 959. The van der Waals surface area contributed by atoms with Crippen LogP contribution in [0.5, 0.6) is 0 Å². The van der Waals surface area contributed by atoms with Crippen LogP contribution >= 0.6 is 11.6 Å². The Balaban J connectivity index is 1.86. The number of nitrogens with zero attached hydrogens (tertiary/aromatic N) is 1. The van der Waals surface area contributed by atoms with Gasteiger partial charge in [0.15, 0.2) is 5.60 Å². The van der Waals surface area contributed by atoms with Gasteiger partial charge < -0.3 is 10.1 Å². The zero-order valence-electron chi connectivity index (χ0n) is 14.7. The summed E-state index contributed by atoms with van der Waals surface area (Å²) < 4.78 is 5.41. The number of aryl methyl sites for hydroxylation is 1. The van der Waals surface area contributed by atoms with E-state index in [9.17, 15) is 19.7 Å². The molecule has 2 aromatic carbocycles. The van der Waals surface area contributed by atoms with Crippen molar-refractivity contribution in [3.8, 4) is 0 Å². The average molecular weight is 389 g/mol. The van der Waals surface area contributed by atoms with E-state index >= 15 is 0 Å². The molecule has 1 heterocycles. The van der Waals surface area contributed by atoms with Gasteiger partial charge in [-0.3, -0.25) is 14.9 Å². The molecular formula is C19H17ClN2O5. The number of hydrogen-bond acceptors (Lipinski definition) is 5. The van der Waals surface area contributed by atoms with Crippen LogP contribution in [0.4, 0.5) is 11.4 Å². The third kappa shape index (κ3) is 3.64. The predicted octanol–water partition coefficient (Wildman–Crippen LogP) is 3.92. The Labute approximate surface area is 160 Å². The molecule has 1 N–H and O–H groups in total. The van der Waals surface area contributed by atoms with Crippen LogP contribution in [-0.2, 0) is 22.4 Å². The third-order valence-electron chi connectivity index (χ3n) is 4.54. The van der Waals surface area contributed by atoms with Crippen LogP contribution in [-0.4, -0.2) is 22.4 Å². The summed E-state index contributed by atoms with van der Waals surface area (Å²) in [6.45, 7) is 3.53. The lowest BCUT2D eigenvalue weighted by Gasteiger charge is -2.33. The Morgan fingerprint density at radius 2 is 2.07 bits per heavy atom. The van der Waals surface area contributed by atoms with E-state index in [4.69, 9.17) is 16.3 Å². The summed E-state index contributed by atoms with van der Waals surface area (Å²) in [4.78, 5) is 35.3. The van der Waals surface area contributed by atoms with Crippen LogP contribution < -0.4 is 5.32 Å². The molecule has 0 bridgehead atoms. The summed E-state index contributed by atoms with van der Waals surface area (Å²) in [5.41, 5.74) is 0.863. The number of halogens is 1. The molecule has 1 aliphatic heterocycles. The van der Waals surface area contributed by atoms with Crippen molar-refractivity contribution < 1.29 is 19.2 Å². The molecule has 1 aliphatic rings. The van der Waals surface area contributed by atoms with Crippen molar-refractivity contribution in [3.63, 3.8) is 0 Å². The minimum atomic E-state index is -1.42. The first-order valence-corrected chi connectivity index (χ1v) is 8.72. The topological polar surface area (TPSA) is 98.5 Å². The van der Waals surface area contributed by atoms with E-state index in [2.05, 4.69) is 5.32 Å². The number of carbonyl (C=O) groups is 2. The number of amides is 1. The summed E-state index contributed by atoms with van der Waals surface area (Å²) >= 11 is 6.02. The van der Waals surface area contributed by atoms with E-state index in [1.807, 2.05) is 19.1 Å². The van der Waals surface area contributed by atoms with Gasteiger partial charge in [-0.2, -0.15) is 0 Å². The van der Waals surface area contributed by atoms with Gasteiger partial charge in [0, 0.05) is 18.6 Å². The Hall–Kier alpha value is -2.93. The van der Waals surface area contributed by atoms with Gasteiger partial charge in [0.2, 0.25) is 0 Å². The van der Waals surface area contributed by atoms with Crippen LogP contribution in [0.3, 0.4) is 0 Å². The van der Waals surface area contributed by atoms with Gasteiger partial charge in [0.05, 0.1) is 21.2 Å². The van der Waals surface area contributed by atoms with Crippen molar-refractivity contribution in [1.29, 1.82) is 0 Å². The summed E-state index contributed by atoms with van der Waals surface area (Å²) in [6, 6.07) is 9.20. The van der Waals surface area contributed by atoms with Crippen LogP contribution in [0, 0.1) is 10.1 Å². The Morgan fingerprint density at radius 1 is 1.33 bits per heavy atom. The fourth-order valence-electron chi connectivity index (χ4n) is 2.97. The molecule has 0 aromatic heterocycles. The van der Waals surface area contributed by atoms with Gasteiger partial charge in [0.25, 0.3) is 11.6 Å². The van der Waals surface area contributed by atoms with Gasteiger partial charge in [-0.25, -0.2) is 4.79 Å². The first-order chi connectivity index (χ1) is 12.7. The average Bonchev–Trinajstić information content (AvgIpc) is 2.62. The number of nitro benzene ring substituents is 1. The minimum Gasteiger partial charge on any atom is -0.445 e. The maximum absolute atomic E-state index is 12.8. The molecule has 0 saturated heterocycles. The molecule has 0 radical (unpaired) electrons. The molecule has 1 amide bonds. The van der Waals surface area contributed by atoms with Crippen molar-refractivity contribution in [3.05, 3.63) is 68.2 Å². The smallest absolute Gasteiger partial charge is 0.339 e. The second-order valence-corrected chi connectivity index (χ2v) is 6.92. The predicted molar refractivity (Wildman–Crippen MR) is 100 cm³/mol. The van der Waals surface area contributed by atoms with Crippen molar-refractivity contribution in [2.75, 3.05) is 5.32 Å². The van der Waals surface area contributed by atoms with Crippen molar-refractivity contribution in [1.82, 2.24) is 0 Å². The van der Waals surface area contributed by atoms with Gasteiger partial charge in [-0.05, 0) is 36.6 Å². The molecule has 2 aromatic rings. The summed E-state index contributed by atoms with van der Waals surface area (Å²) in [5, 5.41) is 13.4. The minimum absolute atomic E-state index is 0.0250. The van der Waals surface area contributed by atoms with Crippen molar-refractivity contribution in [2.45, 2.75) is 32.3 Å². The highest BCUT2D eigenvalue weighted by molar-refractivity contribution is 6.34. The molecule has 0 spiro atoms. The first kappa shape index (κ1) is 18.8. The van der Waals surface area contributed by atoms with Crippen LogP contribution in [0.1, 0.15) is 35.3 Å². The number of cyclic esters (lactones) is 1. The largest absolute Gasteiger partial charge is 0.445 e. The van der Waals surface area contributed by atoms with E-state index in [1.54, 1.807) is 6.07 Å². The van der Waals surface area contributed by atoms with E-state index in [-0.39, 0.29) is 22.8 Å². The van der Waals surface area contributed by atoms with E-state index < -0.39 is 22.4 Å².